The van der Waals surface area contributed by atoms with Gasteiger partial charge in [-0.15, -0.1) is 0 Å². The molecule has 0 aliphatic carbocycles. The van der Waals surface area contributed by atoms with Crippen molar-refractivity contribution in [3.63, 3.8) is 0 Å². The first kappa shape index (κ1) is 20.0. The second-order valence-electron chi connectivity index (χ2n) is 5.88. The largest absolute Gasteiger partial charge is 0.508 e. The smallest absolute Gasteiger partial charge is 0.306 e. The second-order valence-corrected chi connectivity index (χ2v) is 5.88. The highest BCUT2D eigenvalue weighted by molar-refractivity contribution is 5.71. The molecule has 142 valence electrons. The zero-order chi connectivity index (χ0) is 19.1. The van der Waals surface area contributed by atoms with E-state index in [0.717, 1.165) is 5.56 Å². The maximum absolute atomic E-state index is 12.2. The Balaban J connectivity index is 1.96. The van der Waals surface area contributed by atoms with Crippen molar-refractivity contribution in [2.75, 3.05) is 13.7 Å². The molecule has 2 rings (SSSR count). The van der Waals surface area contributed by atoms with Crippen molar-refractivity contribution in [2.45, 2.75) is 32.3 Å². The quantitative estimate of drug-likeness (QED) is 0.384. The lowest BCUT2D eigenvalue weighted by Crippen LogP contribution is -2.33. The minimum absolute atomic E-state index is 0.0536. The van der Waals surface area contributed by atoms with Crippen molar-refractivity contribution >= 4 is 5.97 Å². The monoisotopic (exact) mass is 364 g/mol. The Morgan fingerprint density at radius 1 is 1.35 bits per heavy atom. The lowest BCUT2D eigenvalue weighted by atomic mass is 9.86. The molecule has 0 fully saturated rings. The predicted octanol–water partition coefficient (Wildman–Crippen LogP) is 1.63. The highest BCUT2D eigenvalue weighted by atomic mass is 16.6. The molecule has 26 heavy (non-hydrogen) atoms. The average Bonchev–Trinajstić information content (AvgIpc) is 2.63. The summed E-state index contributed by atoms with van der Waals surface area (Å²) in [5, 5.41) is 29.2. The van der Waals surface area contributed by atoms with Gasteiger partial charge < -0.3 is 29.5 Å². The van der Waals surface area contributed by atoms with E-state index in [1.807, 2.05) is 0 Å². The van der Waals surface area contributed by atoms with Gasteiger partial charge in [-0.3, -0.25) is 4.79 Å². The van der Waals surface area contributed by atoms with Gasteiger partial charge >= 0.3 is 5.97 Å². The first-order valence-corrected chi connectivity index (χ1v) is 8.30. The van der Waals surface area contributed by atoms with Crippen molar-refractivity contribution in [3.05, 3.63) is 53.3 Å². The van der Waals surface area contributed by atoms with Crippen LogP contribution in [0.15, 0.2) is 47.7 Å². The van der Waals surface area contributed by atoms with Crippen molar-refractivity contribution in [1.29, 1.82) is 0 Å². The zero-order valence-corrected chi connectivity index (χ0v) is 14.8. The summed E-state index contributed by atoms with van der Waals surface area (Å²) in [7, 11) is 1.33. The summed E-state index contributed by atoms with van der Waals surface area (Å²) in [4.78, 5) is 12.2. The van der Waals surface area contributed by atoms with Crippen LogP contribution in [-0.2, 0) is 25.4 Å². The molecule has 7 heteroatoms. The van der Waals surface area contributed by atoms with Gasteiger partial charge in [-0.1, -0.05) is 18.2 Å². The topological polar surface area (TPSA) is 105 Å². The van der Waals surface area contributed by atoms with Gasteiger partial charge in [-0.25, -0.2) is 0 Å². The Hall–Kier alpha value is -2.35. The molecule has 0 amide bonds. The molecule has 0 spiro atoms. The number of hydrogen-bond donors (Lipinski definition) is 3. The molecule has 1 aliphatic heterocycles. The van der Waals surface area contributed by atoms with Gasteiger partial charge in [0.25, 0.3) is 0 Å². The molecule has 1 aromatic carbocycles. The number of phenols is 1. The fraction of sp³-hybridized carbons (Fsp3) is 0.421. The lowest BCUT2D eigenvalue weighted by molar-refractivity contribution is -0.145. The van der Waals surface area contributed by atoms with Crippen LogP contribution < -0.4 is 0 Å². The number of allylic oxidation sites excluding steroid dienone is 1. The van der Waals surface area contributed by atoms with E-state index in [1.54, 1.807) is 37.3 Å². The molecule has 7 nitrogen and oxygen atoms in total. The van der Waals surface area contributed by atoms with Crippen molar-refractivity contribution in [1.82, 2.24) is 0 Å². The molecule has 3 atom stereocenters. The van der Waals surface area contributed by atoms with Gasteiger partial charge in [0.1, 0.15) is 5.75 Å². The number of aromatic hydroxyl groups is 1. The first-order valence-electron chi connectivity index (χ1n) is 8.30. The van der Waals surface area contributed by atoms with Crippen molar-refractivity contribution in [2.24, 2.45) is 5.92 Å². The van der Waals surface area contributed by atoms with Crippen LogP contribution in [0.5, 0.6) is 5.75 Å². The SMILES string of the molecule is C/C=C1\[C@H](O)OC=C(C(O)OC)[C@H]1CC(=O)OCCc1ccc(O)cc1. The Labute approximate surface area is 152 Å². The van der Waals surface area contributed by atoms with Crippen molar-refractivity contribution < 1.29 is 34.3 Å². The summed E-state index contributed by atoms with van der Waals surface area (Å²) in [5.74, 6) is -0.852. The molecule has 1 unspecified atom stereocenters. The number of carbonyl (C=O) groups excluding carboxylic acids is 1. The van der Waals surface area contributed by atoms with Gasteiger partial charge in [0.2, 0.25) is 6.29 Å². The molecule has 1 aromatic rings. The third-order valence-electron chi connectivity index (χ3n) is 4.23. The highest BCUT2D eigenvalue weighted by Crippen LogP contribution is 2.34. The molecular formula is C19H24O7. The minimum Gasteiger partial charge on any atom is -0.508 e. The molecule has 1 heterocycles. The summed E-state index contributed by atoms with van der Waals surface area (Å²) in [6.07, 6.45) is 0.911. The highest BCUT2D eigenvalue weighted by Gasteiger charge is 2.34. The molecule has 0 radical (unpaired) electrons. The third-order valence-corrected chi connectivity index (χ3v) is 4.23. The molecule has 3 N–H and O–H groups in total. The summed E-state index contributed by atoms with van der Waals surface area (Å²) in [6, 6.07) is 6.65. The summed E-state index contributed by atoms with van der Waals surface area (Å²) in [5.41, 5.74) is 1.75. The summed E-state index contributed by atoms with van der Waals surface area (Å²) in [6.45, 7) is 1.90. The third kappa shape index (κ3) is 5.08. The number of esters is 1. The average molecular weight is 364 g/mol. The Morgan fingerprint density at radius 2 is 2.04 bits per heavy atom. The van der Waals surface area contributed by atoms with Crippen molar-refractivity contribution in [3.8, 4) is 5.75 Å². The van der Waals surface area contributed by atoms with Crippen LogP contribution in [0.25, 0.3) is 0 Å². The Kier molecular flexibility index (Phi) is 7.20. The number of carbonyl (C=O) groups is 1. The summed E-state index contributed by atoms with van der Waals surface area (Å²) >= 11 is 0. The molecular weight excluding hydrogens is 340 g/mol. The van der Waals surface area contributed by atoms with Crippen LogP contribution in [-0.4, -0.2) is 47.6 Å². The van der Waals surface area contributed by atoms with E-state index in [4.69, 9.17) is 14.2 Å². The van der Waals surface area contributed by atoms with Crippen LogP contribution in [0.2, 0.25) is 0 Å². The molecule has 0 bridgehead atoms. The normalized spacial score (nSPS) is 22.5. The van der Waals surface area contributed by atoms with Crippen LogP contribution in [0.4, 0.5) is 0 Å². The van der Waals surface area contributed by atoms with E-state index in [1.165, 1.54) is 13.4 Å². The molecule has 0 saturated heterocycles. The number of methoxy groups -OCH3 is 1. The number of rotatable bonds is 7. The van der Waals surface area contributed by atoms with Gasteiger partial charge in [0, 0.05) is 30.6 Å². The zero-order valence-electron chi connectivity index (χ0n) is 14.8. The minimum atomic E-state index is -1.24. The van der Waals surface area contributed by atoms with E-state index in [-0.39, 0.29) is 18.8 Å². The molecule has 1 aliphatic rings. The van der Waals surface area contributed by atoms with Crippen LogP contribution in [0, 0.1) is 5.92 Å². The number of benzene rings is 1. The standard InChI is InChI=1S/C19H24O7/c1-3-14-15(16(18(22)24-2)11-26-19(14)23)10-17(21)25-9-8-12-4-6-13(20)7-5-12/h3-7,11,15,18-20,22-23H,8-10H2,1-2H3/b14-3-/t15-,18?,19+/m0/s1. The Morgan fingerprint density at radius 3 is 2.65 bits per heavy atom. The van der Waals surface area contributed by atoms with Crippen LogP contribution in [0.1, 0.15) is 18.9 Å². The fourth-order valence-electron chi connectivity index (χ4n) is 2.79. The van der Waals surface area contributed by atoms with E-state index < -0.39 is 24.5 Å². The number of phenolic OH excluding ortho intramolecular Hbond substituents is 1. The summed E-state index contributed by atoms with van der Waals surface area (Å²) < 4.78 is 15.3. The number of ether oxygens (including phenoxy) is 3. The second kappa shape index (κ2) is 9.38. The number of hydrogen-bond acceptors (Lipinski definition) is 7. The number of aliphatic hydroxyl groups is 2. The first-order chi connectivity index (χ1) is 12.5. The van der Waals surface area contributed by atoms with Gasteiger partial charge in [-0.2, -0.15) is 0 Å². The van der Waals surface area contributed by atoms with E-state index in [9.17, 15) is 20.1 Å². The molecule has 0 aromatic heterocycles. The van der Waals surface area contributed by atoms with Gasteiger partial charge in [0.15, 0.2) is 6.29 Å². The maximum Gasteiger partial charge on any atom is 0.306 e. The fourth-order valence-corrected chi connectivity index (χ4v) is 2.79. The number of aliphatic hydroxyl groups excluding tert-OH is 2. The lowest BCUT2D eigenvalue weighted by Gasteiger charge is -2.31. The predicted molar refractivity (Wildman–Crippen MR) is 92.8 cm³/mol. The van der Waals surface area contributed by atoms with E-state index >= 15 is 0 Å². The van der Waals surface area contributed by atoms with E-state index in [2.05, 4.69) is 0 Å². The van der Waals surface area contributed by atoms with Gasteiger partial charge in [0.05, 0.1) is 19.3 Å². The van der Waals surface area contributed by atoms with E-state index in [0.29, 0.717) is 17.6 Å². The maximum atomic E-state index is 12.2. The van der Waals surface area contributed by atoms with Crippen LogP contribution in [0.3, 0.4) is 0 Å². The van der Waals surface area contributed by atoms with Crippen LogP contribution >= 0.6 is 0 Å². The van der Waals surface area contributed by atoms with Gasteiger partial charge in [-0.05, 0) is 24.6 Å². The molecule has 0 saturated carbocycles. The Bertz CT molecular complexity index is 663.